The summed E-state index contributed by atoms with van der Waals surface area (Å²) in [4.78, 5) is 51.1. The maximum Gasteiger partial charge on any atom is 0.262 e. The number of nitrogens with zero attached hydrogens (tertiary/aromatic N) is 5. The van der Waals surface area contributed by atoms with E-state index in [0.717, 1.165) is 11.3 Å². The molecule has 5 atom stereocenters. The highest BCUT2D eigenvalue weighted by molar-refractivity contribution is 6.03. The van der Waals surface area contributed by atoms with Gasteiger partial charge in [0.05, 0.1) is 29.3 Å². The van der Waals surface area contributed by atoms with E-state index in [2.05, 4.69) is 4.90 Å². The number of hydrogen-bond donors (Lipinski definition) is 0. The minimum absolute atomic E-state index is 0.0000144. The molecule has 5 unspecified atom stereocenters. The number of benzene rings is 2. The smallest absolute Gasteiger partial charge is 0.262 e. The largest absolute Gasteiger partial charge is 0.336 e. The van der Waals surface area contributed by atoms with Crippen LogP contribution in [-0.4, -0.2) is 50.0 Å². The maximum absolute atomic E-state index is 13.8. The molecule has 1 spiro atoms. The number of rotatable bonds is 0. The SMILES string of the molecule is CC1C(=O)N2c3ccccc3C34CC5C(=O)N(CN1C23)C(O4)c1nc2ccccc2c(=O)n15. The summed E-state index contributed by atoms with van der Waals surface area (Å²) in [6, 6.07) is 13.8. The van der Waals surface area contributed by atoms with Crippen molar-refractivity contribution in [2.24, 2.45) is 0 Å². The summed E-state index contributed by atoms with van der Waals surface area (Å²) in [6.45, 7) is 2.12. The first-order chi connectivity index (χ1) is 16.0. The molecule has 1 aromatic heterocycles. The minimum Gasteiger partial charge on any atom is -0.336 e. The van der Waals surface area contributed by atoms with Crippen LogP contribution in [0.25, 0.3) is 10.9 Å². The van der Waals surface area contributed by atoms with Crippen molar-refractivity contribution in [2.45, 2.75) is 43.4 Å². The Morgan fingerprint density at radius 3 is 2.70 bits per heavy atom. The van der Waals surface area contributed by atoms with Crippen molar-refractivity contribution >= 4 is 28.4 Å². The number of para-hydroxylation sites is 2. The summed E-state index contributed by atoms with van der Waals surface area (Å²) < 4.78 is 8.43. The van der Waals surface area contributed by atoms with Crippen LogP contribution in [0, 0.1) is 0 Å². The number of anilines is 1. The van der Waals surface area contributed by atoms with E-state index in [-0.39, 0.29) is 42.7 Å². The van der Waals surface area contributed by atoms with Gasteiger partial charge in [0.25, 0.3) is 5.56 Å². The molecule has 4 bridgehead atoms. The summed E-state index contributed by atoms with van der Waals surface area (Å²) >= 11 is 0. The molecule has 0 aliphatic carbocycles. The zero-order chi connectivity index (χ0) is 22.2. The topological polar surface area (TPSA) is 88.0 Å². The first-order valence-corrected chi connectivity index (χ1v) is 11.2. The van der Waals surface area contributed by atoms with Gasteiger partial charge in [-0.25, -0.2) is 4.98 Å². The van der Waals surface area contributed by atoms with Crippen LogP contribution in [0.5, 0.6) is 0 Å². The van der Waals surface area contributed by atoms with Crippen molar-refractivity contribution in [3.05, 3.63) is 70.3 Å². The maximum atomic E-state index is 13.8. The summed E-state index contributed by atoms with van der Waals surface area (Å²) in [5.74, 6) is 0.292. The standard InChI is InChI=1S/C24H19N5O4/c1-12-19(30)29-16-9-5-3-7-14(16)24-10-17-21(32)27(11-26(12)23(24)29)22(33-24)18-25-15-8-4-2-6-13(15)20(31)28(17)18/h2-9,12,17,22-23H,10-11H2,1H3. The van der Waals surface area contributed by atoms with Crippen LogP contribution in [0.3, 0.4) is 0 Å². The molecule has 6 aliphatic rings. The molecule has 0 radical (unpaired) electrons. The number of hydrogen-bond acceptors (Lipinski definition) is 6. The van der Waals surface area contributed by atoms with Crippen LogP contribution < -0.4 is 10.5 Å². The Kier molecular flexibility index (Phi) is 2.98. The molecule has 9 nitrogen and oxygen atoms in total. The normalized spacial score (nSPS) is 33.4. The van der Waals surface area contributed by atoms with E-state index in [1.165, 1.54) is 0 Å². The highest BCUT2D eigenvalue weighted by Crippen LogP contribution is 2.60. The Hall–Kier alpha value is -3.56. The van der Waals surface area contributed by atoms with Gasteiger partial charge in [-0.15, -0.1) is 0 Å². The Bertz CT molecular complexity index is 1500. The van der Waals surface area contributed by atoms with Gasteiger partial charge in [-0.2, -0.15) is 0 Å². The molecule has 0 saturated carbocycles. The predicted molar refractivity (Wildman–Crippen MR) is 116 cm³/mol. The number of fused-ring (bicyclic) bond motifs is 3. The molecule has 9 rings (SSSR count). The van der Waals surface area contributed by atoms with Gasteiger partial charge in [-0.05, 0) is 25.1 Å². The fourth-order valence-electron chi connectivity index (χ4n) is 6.62. The van der Waals surface area contributed by atoms with E-state index >= 15 is 0 Å². The number of carbonyl (C=O) groups excluding carboxylic acids is 2. The second-order valence-electron chi connectivity index (χ2n) is 9.48. The quantitative estimate of drug-likeness (QED) is 0.525. The van der Waals surface area contributed by atoms with Crippen molar-refractivity contribution in [3.8, 4) is 0 Å². The first-order valence-electron chi connectivity index (χ1n) is 11.2. The lowest BCUT2D eigenvalue weighted by Crippen LogP contribution is -2.57. The van der Waals surface area contributed by atoms with E-state index in [9.17, 15) is 14.4 Å². The zero-order valence-electron chi connectivity index (χ0n) is 17.7. The van der Waals surface area contributed by atoms with Gasteiger partial charge in [0.15, 0.2) is 12.1 Å². The molecule has 3 aromatic rings. The van der Waals surface area contributed by atoms with Crippen LogP contribution in [0.15, 0.2) is 53.3 Å². The van der Waals surface area contributed by atoms with Crippen LogP contribution >= 0.6 is 0 Å². The van der Waals surface area contributed by atoms with Gasteiger partial charge in [-0.3, -0.25) is 33.7 Å². The Labute approximate surface area is 187 Å². The monoisotopic (exact) mass is 441 g/mol. The van der Waals surface area contributed by atoms with E-state index in [1.54, 1.807) is 21.6 Å². The van der Waals surface area contributed by atoms with Gasteiger partial charge in [0.2, 0.25) is 11.8 Å². The highest BCUT2D eigenvalue weighted by atomic mass is 16.5. The van der Waals surface area contributed by atoms with Crippen molar-refractivity contribution in [2.75, 3.05) is 11.6 Å². The van der Waals surface area contributed by atoms with Crippen LogP contribution in [0.2, 0.25) is 0 Å². The minimum atomic E-state index is -0.945. The molecule has 3 saturated heterocycles. The fourth-order valence-corrected chi connectivity index (χ4v) is 6.62. The van der Waals surface area contributed by atoms with Gasteiger partial charge in [0.1, 0.15) is 17.8 Å². The Morgan fingerprint density at radius 1 is 1.03 bits per heavy atom. The second-order valence-corrected chi connectivity index (χ2v) is 9.48. The van der Waals surface area contributed by atoms with E-state index in [4.69, 9.17) is 9.72 Å². The number of aromatic nitrogens is 2. The molecule has 164 valence electrons. The summed E-state index contributed by atoms with van der Waals surface area (Å²) in [7, 11) is 0. The summed E-state index contributed by atoms with van der Waals surface area (Å²) in [6.07, 6.45) is -0.921. The average Bonchev–Trinajstić information content (AvgIpc) is 3.03. The molecule has 0 N–H and O–H groups in total. The van der Waals surface area contributed by atoms with Gasteiger partial charge >= 0.3 is 0 Å². The lowest BCUT2D eigenvalue weighted by atomic mass is 9.85. The molecular weight excluding hydrogens is 422 g/mol. The molecule has 6 aliphatic heterocycles. The van der Waals surface area contributed by atoms with Crippen molar-refractivity contribution < 1.29 is 14.3 Å². The molecular formula is C24H19N5O4. The molecule has 33 heavy (non-hydrogen) atoms. The van der Waals surface area contributed by atoms with Gasteiger partial charge < -0.3 is 4.74 Å². The van der Waals surface area contributed by atoms with Gasteiger partial charge in [0, 0.05) is 12.0 Å². The van der Waals surface area contributed by atoms with Crippen molar-refractivity contribution in [3.63, 3.8) is 0 Å². The highest BCUT2D eigenvalue weighted by Gasteiger charge is 2.69. The molecule has 3 fully saturated rings. The van der Waals surface area contributed by atoms with Crippen LogP contribution in [0.1, 0.15) is 37.0 Å². The Balaban J connectivity index is 1.46. The van der Waals surface area contributed by atoms with E-state index in [0.29, 0.717) is 16.7 Å². The van der Waals surface area contributed by atoms with Crippen LogP contribution in [-0.2, 0) is 19.9 Å². The fraction of sp³-hybridized carbons (Fsp3) is 0.333. The summed E-state index contributed by atoms with van der Waals surface area (Å²) in [5.41, 5.74) is 1.12. The molecule has 2 amide bonds. The summed E-state index contributed by atoms with van der Waals surface area (Å²) in [5, 5.41) is 0.485. The van der Waals surface area contributed by atoms with E-state index in [1.807, 2.05) is 48.2 Å². The second kappa shape index (κ2) is 5.49. The third-order valence-corrected chi connectivity index (χ3v) is 8.04. The molecule has 7 heterocycles. The van der Waals surface area contributed by atoms with Crippen molar-refractivity contribution in [1.82, 2.24) is 19.4 Å². The van der Waals surface area contributed by atoms with Gasteiger partial charge in [-0.1, -0.05) is 30.3 Å². The predicted octanol–water partition coefficient (Wildman–Crippen LogP) is 1.44. The Morgan fingerprint density at radius 2 is 1.82 bits per heavy atom. The number of ether oxygens (including phenoxy) is 1. The third-order valence-electron chi connectivity index (χ3n) is 8.04. The zero-order valence-corrected chi connectivity index (χ0v) is 17.7. The van der Waals surface area contributed by atoms with Crippen LogP contribution in [0.4, 0.5) is 5.69 Å². The molecule has 9 heteroatoms. The number of carbonyl (C=O) groups is 2. The van der Waals surface area contributed by atoms with Crippen molar-refractivity contribution in [1.29, 1.82) is 0 Å². The van der Waals surface area contributed by atoms with E-state index < -0.39 is 17.9 Å². The lowest BCUT2D eigenvalue weighted by molar-refractivity contribution is -0.162. The average molecular weight is 441 g/mol. The third kappa shape index (κ3) is 1.82. The lowest BCUT2D eigenvalue weighted by Gasteiger charge is -2.41. The first kappa shape index (κ1) is 17.9. The number of amides is 2. The molecule has 2 aromatic carbocycles.